The van der Waals surface area contributed by atoms with Crippen molar-refractivity contribution in [2.45, 2.75) is 0 Å². The van der Waals surface area contributed by atoms with E-state index >= 15 is 0 Å². The van der Waals surface area contributed by atoms with E-state index in [1.165, 1.54) is 5.56 Å². The van der Waals surface area contributed by atoms with Gasteiger partial charge in [0.15, 0.2) is 0 Å². The van der Waals surface area contributed by atoms with Crippen LogP contribution in [0.3, 0.4) is 0 Å². The van der Waals surface area contributed by atoms with Gasteiger partial charge < -0.3 is 19.4 Å². The number of hydrogen-bond donors (Lipinski definition) is 0. The first-order valence-electron chi connectivity index (χ1n) is 26.5. The third kappa shape index (κ3) is 9.67. The molecule has 4 aromatic heterocycles. The minimum atomic E-state index is 0. The average Bonchev–Trinajstić information content (AvgIpc) is 4.07. The van der Waals surface area contributed by atoms with Crippen molar-refractivity contribution in [3.8, 4) is 123 Å². The van der Waals surface area contributed by atoms with Crippen LogP contribution in [0.1, 0.15) is 0 Å². The molecule has 14 rings (SSSR count). The van der Waals surface area contributed by atoms with Gasteiger partial charge in [-0.25, -0.2) is 0 Å². The van der Waals surface area contributed by atoms with Crippen LogP contribution in [0.15, 0.2) is 284 Å². The maximum Gasteiger partial charge on any atom is 3.00 e. The summed E-state index contributed by atoms with van der Waals surface area (Å²) in [6.07, 6.45) is 5.99. The Morgan fingerprint density at radius 3 is 1.29 bits per heavy atom. The second-order valence-electron chi connectivity index (χ2n) is 19.6. The Bertz CT molecular complexity index is 4360. The first-order chi connectivity index (χ1) is 39.1. The summed E-state index contributed by atoms with van der Waals surface area (Å²) in [5.41, 5.74) is 24.1. The van der Waals surface area contributed by atoms with Crippen molar-refractivity contribution in [2.75, 3.05) is 0 Å². The first kappa shape index (κ1) is 49.7. The van der Waals surface area contributed by atoms with Gasteiger partial charge in [-0.1, -0.05) is 187 Å². The van der Waals surface area contributed by atoms with E-state index in [0.29, 0.717) is 5.58 Å². The molecule has 4 heterocycles. The van der Waals surface area contributed by atoms with Gasteiger partial charge in [-0.3, -0.25) is 0 Å². The SMILES string of the molecule is [Ir+3].[c-]1ccccc1-c1ccc(-c2ccccc2-c2cc(-c3ccccc3-c3ccc(-c4[c-]cccc4)nc3)cc(-c3ccccc3-c3cnc(-c4[c-]c5oc6ccccc6c5cc4)cc3-c3ccc(-c4ccccc4)cc3)c2)cn1. The van der Waals surface area contributed by atoms with Crippen LogP contribution >= 0.6 is 0 Å². The van der Waals surface area contributed by atoms with Crippen molar-refractivity contribution in [1.29, 1.82) is 0 Å². The molecule has 0 aliphatic heterocycles. The normalized spacial score (nSPS) is 11.2. The van der Waals surface area contributed by atoms with Crippen LogP contribution in [-0.2, 0) is 20.1 Å². The van der Waals surface area contributed by atoms with Gasteiger partial charge in [0.05, 0.1) is 5.58 Å². The zero-order chi connectivity index (χ0) is 52.5. The van der Waals surface area contributed by atoms with Crippen LogP contribution in [0, 0.1) is 18.2 Å². The zero-order valence-corrected chi connectivity index (χ0v) is 45.5. The molecule has 0 aliphatic carbocycles. The van der Waals surface area contributed by atoms with Crippen LogP contribution < -0.4 is 0 Å². The van der Waals surface area contributed by atoms with Gasteiger partial charge in [0, 0.05) is 24.2 Å². The summed E-state index contributed by atoms with van der Waals surface area (Å²) < 4.78 is 6.34. The second kappa shape index (κ2) is 21.9. The van der Waals surface area contributed by atoms with Crippen LogP contribution in [0.5, 0.6) is 0 Å². The molecule has 0 unspecified atom stereocenters. The predicted molar refractivity (Wildman–Crippen MR) is 323 cm³/mol. The van der Waals surface area contributed by atoms with Gasteiger partial charge in [-0.15, -0.1) is 89.5 Å². The molecule has 0 atom stereocenters. The molecule has 0 radical (unpaired) electrons. The third-order valence-electron chi connectivity index (χ3n) is 14.8. The molecule has 0 aliphatic rings. The molecule has 0 bridgehead atoms. The van der Waals surface area contributed by atoms with Gasteiger partial charge in [0.1, 0.15) is 5.58 Å². The van der Waals surface area contributed by atoms with Crippen molar-refractivity contribution < 1.29 is 24.5 Å². The number of furan rings is 1. The van der Waals surface area contributed by atoms with Crippen molar-refractivity contribution >= 4 is 21.9 Å². The van der Waals surface area contributed by atoms with Gasteiger partial charge >= 0.3 is 20.1 Å². The summed E-state index contributed by atoms with van der Waals surface area (Å²) in [6.45, 7) is 0. The molecule has 0 N–H and O–H groups in total. The Labute approximate surface area is 478 Å². The fourth-order valence-electron chi connectivity index (χ4n) is 10.9. The van der Waals surface area contributed by atoms with Crippen molar-refractivity contribution in [2.24, 2.45) is 0 Å². The molecule has 0 saturated carbocycles. The summed E-state index contributed by atoms with van der Waals surface area (Å²) in [4.78, 5) is 15.2. The van der Waals surface area contributed by atoms with Gasteiger partial charge in [-0.05, 0) is 130 Å². The minimum absolute atomic E-state index is 0. The molecule has 5 heteroatoms. The van der Waals surface area contributed by atoms with E-state index in [1.54, 1.807) is 0 Å². The van der Waals surface area contributed by atoms with Crippen molar-refractivity contribution in [3.63, 3.8) is 0 Å². The number of para-hydroxylation sites is 1. The van der Waals surface area contributed by atoms with E-state index in [2.05, 4.69) is 212 Å². The number of benzene rings is 10. The number of rotatable bonds is 11. The molecule has 376 valence electrons. The third-order valence-corrected chi connectivity index (χ3v) is 14.8. The quantitative estimate of drug-likeness (QED) is 0.121. The van der Waals surface area contributed by atoms with Crippen LogP contribution in [-0.4, -0.2) is 15.0 Å². The van der Waals surface area contributed by atoms with E-state index in [0.717, 1.165) is 134 Å². The van der Waals surface area contributed by atoms with Gasteiger partial charge in [0.25, 0.3) is 0 Å². The van der Waals surface area contributed by atoms with Crippen LogP contribution in [0.25, 0.3) is 145 Å². The molecule has 0 fully saturated rings. The molecular formula is C75H46IrN3O. The molecule has 0 amide bonds. The summed E-state index contributed by atoms with van der Waals surface area (Å²) in [5.74, 6) is 0. The zero-order valence-electron chi connectivity index (χ0n) is 43.1. The first-order valence-corrected chi connectivity index (χ1v) is 26.5. The Balaban J connectivity index is 0.00000605. The van der Waals surface area contributed by atoms with E-state index in [9.17, 15) is 0 Å². The van der Waals surface area contributed by atoms with E-state index in [1.807, 2.05) is 85.3 Å². The summed E-state index contributed by atoms with van der Waals surface area (Å²) >= 11 is 0. The Hall–Kier alpha value is -9.90. The van der Waals surface area contributed by atoms with E-state index in [4.69, 9.17) is 19.4 Å². The summed E-state index contributed by atoms with van der Waals surface area (Å²) in [7, 11) is 0. The molecule has 80 heavy (non-hydrogen) atoms. The number of hydrogen-bond acceptors (Lipinski definition) is 4. The number of fused-ring (bicyclic) bond motifs is 3. The fraction of sp³-hybridized carbons (Fsp3) is 0. The van der Waals surface area contributed by atoms with Crippen molar-refractivity contribution in [3.05, 3.63) is 298 Å². The fourth-order valence-corrected chi connectivity index (χ4v) is 10.9. The van der Waals surface area contributed by atoms with E-state index in [-0.39, 0.29) is 20.1 Å². The van der Waals surface area contributed by atoms with Crippen LogP contribution in [0.4, 0.5) is 0 Å². The Morgan fingerprint density at radius 1 is 0.275 bits per heavy atom. The van der Waals surface area contributed by atoms with Crippen LogP contribution in [0.2, 0.25) is 0 Å². The number of pyridine rings is 3. The predicted octanol–water partition coefficient (Wildman–Crippen LogP) is 19.5. The standard InChI is InChI=1S/C75H46N3O.Ir/c1-4-18-50(19-5-1)51-32-34-52(35-33-51)69-46-73(55-36-39-68-67-30-16-17-31-74(67)79-75(68)45-55)78-49-70(69)66-29-15-14-28-65(66)60-43-58(63-26-12-10-24-61(63)56-37-40-71(76-47-56)53-20-6-2-7-21-53)42-59(44-60)64-27-13-11-25-62(64)57-38-41-72(77-48-57)54-22-8-3-9-23-54;/h1-20,22,24-44,46-49H;/q-3;+3. The van der Waals surface area contributed by atoms with Gasteiger partial charge in [-0.2, -0.15) is 0 Å². The molecular weight excluding hydrogens is 1150 g/mol. The summed E-state index contributed by atoms with van der Waals surface area (Å²) in [6, 6.07) is 102. The average molecular weight is 1200 g/mol. The molecule has 0 saturated heterocycles. The molecule has 0 spiro atoms. The Morgan fingerprint density at radius 2 is 0.738 bits per heavy atom. The second-order valence-corrected chi connectivity index (χ2v) is 19.6. The van der Waals surface area contributed by atoms with Crippen molar-refractivity contribution in [1.82, 2.24) is 15.0 Å². The van der Waals surface area contributed by atoms with Gasteiger partial charge in [0.2, 0.25) is 0 Å². The van der Waals surface area contributed by atoms with E-state index < -0.39 is 0 Å². The molecule has 10 aromatic carbocycles. The smallest absolute Gasteiger partial charge is 0.477 e. The maximum atomic E-state index is 6.34. The Kier molecular flexibility index (Phi) is 13.6. The monoisotopic (exact) mass is 1200 g/mol. The summed E-state index contributed by atoms with van der Waals surface area (Å²) in [5, 5.41) is 2.10. The maximum absolute atomic E-state index is 6.34. The molecule has 14 aromatic rings. The largest absolute Gasteiger partial charge is 3.00 e. The number of nitrogens with zero attached hydrogens (tertiary/aromatic N) is 3. The number of aromatic nitrogens is 3. The topological polar surface area (TPSA) is 51.8 Å². The molecule has 4 nitrogen and oxygen atoms in total. The minimum Gasteiger partial charge on any atom is -0.477 e.